The summed E-state index contributed by atoms with van der Waals surface area (Å²) in [4.78, 5) is 29.1. The molecule has 7 heteroatoms. The Balaban J connectivity index is 1.76. The monoisotopic (exact) mass is 340 g/mol. The number of pyridine rings is 2. The zero-order valence-electron chi connectivity index (χ0n) is 12.5. The highest BCUT2D eigenvalue weighted by atomic mass is 35.5. The Morgan fingerprint density at radius 3 is 2.67 bits per heavy atom. The van der Waals surface area contributed by atoms with Crippen molar-refractivity contribution in [1.82, 2.24) is 9.97 Å². The van der Waals surface area contributed by atoms with Crippen LogP contribution in [0.25, 0.3) is 10.9 Å². The van der Waals surface area contributed by atoms with Crippen LogP contribution in [0.2, 0.25) is 5.02 Å². The van der Waals surface area contributed by atoms with E-state index in [1.165, 1.54) is 6.07 Å². The predicted octanol–water partition coefficient (Wildman–Crippen LogP) is 2.40. The van der Waals surface area contributed by atoms with E-state index < -0.39 is 0 Å². The molecule has 0 aliphatic heterocycles. The number of nitriles is 1. The molecule has 0 aliphatic rings. The lowest BCUT2D eigenvalue weighted by atomic mass is 10.1. The molecule has 0 fully saturated rings. The molecule has 0 spiro atoms. The number of aromatic amines is 2. The minimum atomic E-state index is -0.367. The molecule has 120 valence electrons. The molecule has 0 saturated carbocycles. The molecule has 6 nitrogen and oxygen atoms in total. The molecule has 24 heavy (non-hydrogen) atoms. The Labute approximate surface area is 141 Å². The molecular weight excluding hydrogens is 328 g/mol. The standard InChI is InChI=1S/C17H13ClN4O2/c18-12-1-3-14-11(8-12)7-10(16(23)22-14)5-6-20-15-4-2-13(9-19)21-17(15)24/h1-4,7-8,20H,5-6H2,(H,21,24)(H,22,23). The maximum absolute atomic E-state index is 12.1. The van der Waals surface area contributed by atoms with E-state index in [0.29, 0.717) is 29.2 Å². The number of aromatic nitrogens is 2. The molecule has 3 rings (SSSR count). The fourth-order valence-corrected chi connectivity index (χ4v) is 2.60. The van der Waals surface area contributed by atoms with Gasteiger partial charge in [-0.1, -0.05) is 11.6 Å². The van der Waals surface area contributed by atoms with Gasteiger partial charge in [-0.3, -0.25) is 9.59 Å². The van der Waals surface area contributed by atoms with Crippen LogP contribution in [0.5, 0.6) is 0 Å². The fourth-order valence-electron chi connectivity index (χ4n) is 2.42. The first-order valence-corrected chi connectivity index (χ1v) is 7.63. The van der Waals surface area contributed by atoms with Gasteiger partial charge >= 0.3 is 0 Å². The van der Waals surface area contributed by atoms with E-state index in [2.05, 4.69) is 15.3 Å². The zero-order chi connectivity index (χ0) is 17.1. The average Bonchev–Trinajstić information content (AvgIpc) is 2.57. The lowest BCUT2D eigenvalue weighted by Gasteiger charge is -2.06. The summed E-state index contributed by atoms with van der Waals surface area (Å²) in [7, 11) is 0. The largest absolute Gasteiger partial charge is 0.380 e. The summed E-state index contributed by atoms with van der Waals surface area (Å²) < 4.78 is 0. The second kappa shape index (κ2) is 6.60. The lowest BCUT2D eigenvalue weighted by molar-refractivity contribution is 0.986. The highest BCUT2D eigenvalue weighted by Gasteiger charge is 2.05. The Bertz CT molecular complexity index is 1060. The van der Waals surface area contributed by atoms with E-state index >= 15 is 0 Å². The minimum absolute atomic E-state index is 0.166. The van der Waals surface area contributed by atoms with Crippen molar-refractivity contribution in [3.05, 3.63) is 73.4 Å². The first-order valence-electron chi connectivity index (χ1n) is 7.25. The smallest absolute Gasteiger partial charge is 0.272 e. The van der Waals surface area contributed by atoms with Gasteiger partial charge < -0.3 is 15.3 Å². The quantitative estimate of drug-likeness (QED) is 0.678. The van der Waals surface area contributed by atoms with Gasteiger partial charge in [0.2, 0.25) is 0 Å². The molecule has 1 aromatic carbocycles. The molecule has 2 aromatic heterocycles. The number of nitrogens with zero attached hydrogens (tertiary/aromatic N) is 1. The van der Waals surface area contributed by atoms with Gasteiger partial charge in [-0.25, -0.2) is 0 Å². The fraction of sp³-hybridized carbons (Fsp3) is 0.118. The number of hydrogen-bond acceptors (Lipinski definition) is 4. The third-order valence-electron chi connectivity index (χ3n) is 3.62. The molecular formula is C17H13ClN4O2. The van der Waals surface area contributed by atoms with Crippen molar-refractivity contribution in [3.63, 3.8) is 0 Å². The van der Waals surface area contributed by atoms with Gasteiger partial charge in [0.25, 0.3) is 11.1 Å². The van der Waals surface area contributed by atoms with Crippen LogP contribution in [0.15, 0.2) is 46.0 Å². The molecule has 0 amide bonds. The maximum atomic E-state index is 12.1. The zero-order valence-corrected chi connectivity index (χ0v) is 13.3. The summed E-state index contributed by atoms with van der Waals surface area (Å²) in [6, 6.07) is 12.0. The molecule has 3 aromatic rings. The van der Waals surface area contributed by atoms with Gasteiger partial charge in [0.1, 0.15) is 17.5 Å². The van der Waals surface area contributed by atoms with Gasteiger partial charge in [-0.15, -0.1) is 0 Å². The third-order valence-corrected chi connectivity index (χ3v) is 3.86. The van der Waals surface area contributed by atoms with Crippen molar-refractivity contribution < 1.29 is 0 Å². The van der Waals surface area contributed by atoms with Gasteiger partial charge in [0, 0.05) is 22.6 Å². The molecule has 0 saturated heterocycles. The topological polar surface area (TPSA) is 102 Å². The van der Waals surface area contributed by atoms with Gasteiger partial charge in [-0.05, 0) is 48.2 Å². The van der Waals surface area contributed by atoms with Crippen LogP contribution in [0.4, 0.5) is 5.69 Å². The van der Waals surface area contributed by atoms with E-state index in [4.69, 9.17) is 16.9 Å². The maximum Gasteiger partial charge on any atom is 0.272 e. The number of H-pyrrole nitrogens is 2. The average molecular weight is 341 g/mol. The van der Waals surface area contributed by atoms with Crippen molar-refractivity contribution in [3.8, 4) is 6.07 Å². The van der Waals surface area contributed by atoms with Crippen LogP contribution < -0.4 is 16.4 Å². The van der Waals surface area contributed by atoms with Crippen LogP contribution in [0.1, 0.15) is 11.3 Å². The lowest BCUT2D eigenvalue weighted by Crippen LogP contribution is -2.19. The highest BCUT2D eigenvalue weighted by Crippen LogP contribution is 2.17. The number of nitrogens with one attached hydrogen (secondary N) is 3. The number of halogens is 1. The summed E-state index contributed by atoms with van der Waals surface area (Å²) in [6.45, 7) is 0.407. The van der Waals surface area contributed by atoms with E-state index in [1.807, 2.05) is 6.07 Å². The number of anilines is 1. The van der Waals surface area contributed by atoms with E-state index in [-0.39, 0.29) is 16.8 Å². The first-order chi connectivity index (χ1) is 11.6. The normalized spacial score (nSPS) is 10.5. The van der Waals surface area contributed by atoms with Crippen LogP contribution >= 0.6 is 11.6 Å². The highest BCUT2D eigenvalue weighted by molar-refractivity contribution is 6.31. The SMILES string of the molecule is N#Cc1ccc(NCCc2cc3cc(Cl)ccc3[nH]c2=O)c(=O)[nH]1. The molecule has 0 atom stereocenters. The van der Waals surface area contributed by atoms with E-state index in [0.717, 1.165) is 10.9 Å². The Morgan fingerprint density at radius 1 is 1.08 bits per heavy atom. The number of rotatable bonds is 4. The van der Waals surface area contributed by atoms with Crippen molar-refractivity contribution in [2.75, 3.05) is 11.9 Å². The van der Waals surface area contributed by atoms with Gasteiger partial charge in [0.05, 0.1) is 0 Å². The summed E-state index contributed by atoms with van der Waals surface area (Å²) in [5.74, 6) is 0. The molecule has 0 bridgehead atoms. The van der Waals surface area contributed by atoms with Crippen LogP contribution in [-0.2, 0) is 6.42 Å². The number of benzene rings is 1. The molecule has 0 unspecified atom stereocenters. The van der Waals surface area contributed by atoms with Crippen LogP contribution in [0.3, 0.4) is 0 Å². The molecule has 3 N–H and O–H groups in total. The van der Waals surface area contributed by atoms with Gasteiger partial charge in [-0.2, -0.15) is 5.26 Å². The van der Waals surface area contributed by atoms with E-state index in [9.17, 15) is 9.59 Å². The van der Waals surface area contributed by atoms with E-state index in [1.54, 1.807) is 30.3 Å². The minimum Gasteiger partial charge on any atom is -0.380 e. The molecule has 2 heterocycles. The van der Waals surface area contributed by atoms with Crippen LogP contribution in [-0.4, -0.2) is 16.5 Å². The second-order valence-corrected chi connectivity index (χ2v) is 5.70. The molecule has 0 aliphatic carbocycles. The summed E-state index contributed by atoms with van der Waals surface area (Å²) in [5.41, 5.74) is 1.35. The first kappa shape index (κ1) is 15.8. The third kappa shape index (κ3) is 3.31. The van der Waals surface area contributed by atoms with Crippen molar-refractivity contribution in [2.45, 2.75) is 6.42 Å². The Morgan fingerprint density at radius 2 is 1.92 bits per heavy atom. The van der Waals surface area contributed by atoms with Crippen molar-refractivity contribution in [2.24, 2.45) is 0 Å². The van der Waals surface area contributed by atoms with Crippen LogP contribution in [0, 0.1) is 11.3 Å². The van der Waals surface area contributed by atoms with Gasteiger partial charge in [0.15, 0.2) is 0 Å². The summed E-state index contributed by atoms with van der Waals surface area (Å²) in [6.07, 6.45) is 0.442. The number of hydrogen-bond donors (Lipinski definition) is 3. The Hall–Kier alpha value is -3.04. The predicted molar refractivity (Wildman–Crippen MR) is 93.6 cm³/mol. The Kier molecular flexibility index (Phi) is 4.36. The second-order valence-electron chi connectivity index (χ2n) is 5.26. The van der Waals surface area contributed by atoms with Crippen molar-refractivity contribution in [1.29, 1.82) is 5.26 Å². The summed E-state index contributed by atoms with van der Waals surface area (Å²) in [5, 5.41) is 13.1. The molecule has 0 radical (unpaired) electrons. The van der Waals surface area contributed by atoms with Crippen molar-refractivity contribution >= 4 is 28.2 Å². The number of fused-ring (bicyclic) bond motifs is 1. The summed E-state index contributed by atoms with van der Waals surface area (Å²) >= 11 is 5.97.